The van der Waals surface area contributed by atoms with Crippen LogP contribution in [0.5, 0.6) is 0 Å². The Kier molecular flexibility index (Phi) is 5.54. The second-order valence-corrected chi connectivity index (χ2v) is 7.35. The Hall–Kier alpha value is -2.51. The summed E-state index contributed by atoms with van der Waals surface area (Å²) in [5.74, 6) is 0.0334. The lowest BCUT2D eigenvalue weighted by Gasteiger charge is -2.26. The first kappa shape index (κ1) is 18.8. The average molecular weight is 381 g/mol. The molecule has 1 aliphatic heterocycles. The second-order valence-electron chi connectivity index (χ2n) is 7.35. The molecule has 2 aromatic heterocycles. The van der Waals surface area contributed by atoms with E-state index in [-0.39, 0.29) is 5.91 Å². The maximum Gasteiger partial charge on any atom is 0.224 e. The first-order valence-corrected chi connectivity index (χ1v) is 9.94. The third-order valence-corrected chi connectivity index (χ3v) is 5.43. The van der Waals surface area contributed by atoms with E-state index in [4.69, 9.17) is 9.72 Å². The lowest BCUT2D eigenvalue weighted by molar-refractivity contribution is -0.120. The minimum atomic E-state index is 0.0334. The highest BCUT2D eigenvalue weighted by Crippen LogP contribution is 2.22. The number of rotatable bonds is 6. The summed E-state index contributed by atoms with van der Waals surface area (Å²) in [5.41, 5.74) is 4.58. The molecule has 0 spiro atoms. The Bertz CT molecular complexity index is 991. The minimum absolute atomic E-state index is 0.0334. The minimum Gasteiger partial charge on any atom is -0.379 e. The van der Waals surface area contributed by atoms with Crippen molar-refractivity contribution in [2.45, 2.75) is 26.7 Å². The molecule has 7 heteroatoms. The van der Waals surface area contributed by atoms with E-state index in [2.05, 4.69) is 15.3 Å². The van der Waals surface area contributed by atoms with Crippen LogP contribution in [0.3, 0.4) is 0 Å². The fraction of sp³-hybridized carbons (Fsp3) is 0.476. The standard InChI is InChI=1S/C21H27N5O2/c1-15-18(14-20(27)22-8-5-9-25-10-12-28-13-11-25)16(2)26-21(23-15)17-6-3-4-7-19(17)24-26/h3-4,6-7H,5,8-14H2,1-2H3,(H,22,27). The predicted octanol–water partition coefficient (Wildman–Crippen LogP) is 1.88. The van der Waals surface area contributed by atoms with Gasteiger partial charge >= 0.3 is 0 Å². The van der Waals surface area contributed by atoms with Crippen molar-refractivity contribution in [2.24, 2.45) is 0 Å². The molecule has 1 fully saturated rings. The van der Waals surface area contributed by atoms with Gasteiger partial charge in [-0.15, -0.1) is 0 Å². The molecular weight excluding hydrogens is 354 g/mol. The van der Waals surface area contributed by atoms with Crippen LogP contribution in [0.15, 0.2) is 24.3 Å². The van der Waals surface area contributed by atoms with Gasteiger partial charge in [0.2, 0.25) is 5.91 Å². The number of nitrogens with one attached hydrogen (secondary N) is 1. The molecule has 1 saturated heterocycles. The molecule has 1 amide bonds. The summed E-state index contributed by atoms with van der Waals surface area (Å²) < 4.78 is 7.22. The monoisotopic (exact) mass is 381 g/mol. The van der Waals surface area contributed by atoms with Gasteiger partial charge in [-0.1, -0.05) is 12.1 Å². The topological polar surface area (TPSA) is 71.8 Å². The van der Waals surface area contributed by atoms with Crippen molar-refractivity contribution in [1.29, 1.82) is 0 Å². The van der Waals surface area contributed by atoms with Gasteiger partial charge in [-0.05, 0) is 38.9 Å². The number of ether oxygens (including phenoxy) is 1. The largest absolute Gasteiger partial charge is 0.379 e. The second kappa shape index (κ2) is 8.24. The Morgan fingerprint density at radius 3 is 2.82 bits per heavy atom. The van der Waals surface area contributed by atoms with Gasteiger partial charge in [0, 0.05) is 42.0 Å². The van der Waals surface area contributed by atoms with Crippen molar-refractivity contribution in [3.8, 4) is 0 Å². The lowest BCUT2D eigenvalue weighted by Crippen LogP contribution is -2.38. The number of carbonyl (C=O) groups excluding carboxylic acids is 1. The summed E-state index contributed by atoms with van der Waals surface area (Å²) in [4.78, 5) is 19.6. The summed E-state index contributed by atoms with van der Waals surface area (Å²) in [5, 5.41) is 8.74. The maximum atomic E-state index is 12.5. The summed E-state index contributed by atoms with van der Waals surface area (Å²) in [7, 11) is 0. The van der Waals surface area contributed by atoms with Gasteiger partial charge in [0.25, 0.3) is 0 Å². The van der Waals surface area contributed by atoms with Crippen molar-refractivity contribution >= 4 is 22.5 Å². The van der Waals surface area contributed by atoms with Gasteiger partial charge in [0.1, 0.15) is 0 Å². The van der Waals surface area contributed by atoms with Crippen LogP contribution in [-0.4, -0.2) is 64.8 Å². The number of fused-ring (bicyclic) bond motifs is 3. The quantitative estimate of drug-likeness (QED) is 0.660. The van der Waals surface area contributed by atoms with Crippen molar-refractivity contribution in [3.63, 3.8) is 0 Å². The van der Waals surface area contributed by atoms with Crippen molar-refractivity contribution < 1.29 is 9.53 Å². The molecule has 1 N–H and O–H groups in total. The van der Waals surface area contributed by atoms with E-state index in [1.165, 1.54) is 0 Å². The molecule has 3 aromatic rings. The average Bonchev–Trinajstić information content (AvgIpc) is 3.08. The molecule has 148 valence electrons. The van der Waals surface area contributed by atoms with E-state index in [9.17, 15) is 4.79 Å². The Morgan fingerprint density at radius 2 is 2.00 bits per heavy atom. The molecule has 0 radical (unpaired) electrons. The number of benzene rings is 1. The van der Waals surface area contributed by atoms with Crippen LogP contribution in [0.2, 0.25) is 0 Å². The van der Waals surface area contributed by atoms with Crippen LogP contribution < -0.4 is 5.32 Å². The highest BCUT2D eigenvalue weighted by atomic mass is 16.5. The number of aromatic nitrogens is 3. The zero-order valence-corrected chi connectivity index (χ0v) is 16.6. The number of nitrogens with zero attached hydrogens (tertiary/aromatic N) is 4. The number of morpholine rings is 1. The lowest BCUT2D eigenvalue weighted by atomic mass is 10.1. The number of aryl methyl sites for hydroxylation is 2. The third kappa shape index (κ3) is 3.86. The summed E-state index contributed by atoms with van der Waals surface area (Å²) in [6.45, 7) is 9.24. The smallest absolute Gasteiger partial charge is 0.224 e. The van der Waals surface area contributed by atoms with E-state index < -0.39 is 0 Å². The molecule has 0 bridgehead atoms. The summed E-state index contributed by atoms with van der Waals surface area (Å²) in [6, 6.07) is 7.99. The molecule has 3 heterocycles. The Labute approximate surface area is 164 Å². The SMILES string of the molecule is Cc1nc2c3ccccc3nn2c(C)c1CC(=O)NCCCN1CCOCC1. The molecule has 7 nitrogen and oxygen atoms in total. The van der Waals surface area contributed by atoms with Crippen LogP contribution in [0.4, 0.5) is 0 Å². The molecule has 4 rings (SSSR count). The van der Waals surface area contributed by atoms with Crippen LogP contribution in [0.1, 0.15) is 23.4 Å². The van der Waals surface area contributed by atoms with Gasteiger partial charge in [-0.3, -0.25) is 9.69 Å². The van der Waals surface area contributed by atoms with Crippen molar-refractivity contribution in [2.75, 3.05) is 39.4 Å². The predicted molar refractivity (Wildman–Crippen MR) is 109 cm³/mol. The van der Waals surface area contributed by atoms with E-state index in [1.54, 1.807) is 0 Å². The summed E-state index contributed by atoms with van der Waals surface area (Å²) in [6.07, 6.45) is 1.28. The van der Waals surface area contributed by atoms with Crippen LogP contribution in [0.25, 0.3) is 16.6 Å². The fourth-order valence-corrected chi connectivity index (χ4v) is 3.81. The number of amides is 1. The molecule has 0 aliphatic carbocycles. The summed E-state index contributed by atoms with van der Waals surface area (Å²) >= 11 is 0. The van der Waals surface area contributed by atoms with E-state index in [0.717, 1.165) is 72.8 Å². The van der Waals surface area contributed by atoms with Crippen LogP contribution >= 0.6 is 0 Å². The van der Waals surface area contributed by atoms with Crippen LogP contribution in [-0.2, 0) is 16.0 Å². The highest BCUT2D eigenvalue weighted by molar-refractivity contribution is 5.92. The number of hydrogen-bond acceptors (Lipinski definition) is 5. The Balaban J connectivity index is 1.41. The van der Waals surface area contributed by atoms with Gasteiger partial charge in [0.05, 0.1) is 25.2 Å². The zero-order valence-electron chi connectivity index (χ0n) is 16.6. The van der Waals surface area contributed by atoms with Gasteiger partial charge in [0.15, 0.2) is 5.65 Å². The van der Waals surface area contributed by atoms with Gasteiger partial charge in [-0.25, -0.2) is 9.50 Å². The van der Waals surface area contributed by atoms with E-state index >= 15 is 0 Å². The number of carbonyl (C=O) groups is 1. The molecular formula is C21H27N5O2. The molecule has 1 aliphatic rings. The number of hydrogen-bond donors (Lipinski definition) is 1. The molecule has 0 atom stereocenters. The molecule has 0 saturated carbocycles. The zero-order chi connectivity index (χ0) is 19.5. The molecule has 0 unspecified atom stereocenters. The van der Waals surface area contributed by atoms with Gasteiger partial charge < -0.3 is 10.1 Å². The molecule has 1 aromatic carbocycles. The van der Waals surface area contributed by atoms with Crippen molar-refractivity contribution in [1.82, 2.24) is 24.8 Å². The van der Waals surface area contributed by atoms with Crippen LogP contribution in [0, 0.1) is 13.8 Å². The third-order valence-electron chi connectivity index (χ3n) is 5.43. The maximum absolute atomic E-state index is 12.5. The van der Waals surface area contributed by atoms with E-state index in [1.807, 2.05) is 42.6 Å². The first-order chi connectivity index (χ1) is 13.6. The van der Waals surface area contributed by atoms with Crippen molar-refractivity contribution in [3.05, 3.63) is 41.2 Å². The van der Waals surface area contributed by atoms with Gasteiger partial charge in [-0.2, -0.15) is 5.10 Å². The molecule has 28 heavy (non-hydrogen) atoms. The normalized spacial score (nSPS) is 15.4. The Morgan fingerprint density at radius 1 is 1.21 bits per heavy atom. The first-order valence-electron chi connectivity index (χ1n) is 9.94. The fourth-order valence-electron chi connectivity index (χ4n) is 3.81. The highest BCUT2D eigenvalue weighted by Gasteiger charge is 2.16. The van der Waals surface area contributed by atoms with E-state index in [0.29, 0.717) is 13.0 Å².